The molecule has 1 N–H and O–H groups in total. The molecular weight excluding hydrogens is 445 g/mol. The molecule has 0 heterocycles. The molecule has 0 aliphatic carbocycles. The Morgan fingerprint density at radius 1 is 1.00 bits per heavy atom. The fourth-order valence-corrected chi connectivity index (χ4v) is 3.13. The molecule has 2 aromatic rings. The lowest BCUT2D eigenvalue weighted by molar-refractivity contribution is 0.102. The molecule has 0 saturated carbocycles. The first-order valence-corrected chi connectivity index (χ1v) is 7.56. The Hall–Kier alpha value is -0.720. The highest BCUT2D eigenvalue weighted by Gasteiger charge is 2.09. The summed E-state index contributed by atoms with van der Waals surface area (Å²) in [6.45, 7) is 0. The van der Waals surface area contributed by atoms with E-state index in [-0.39, 0.29) is 11.7 Å². The molecule has 0 aliphatic heterocycles. The van der Waals surface area contributed by atoms with Crippen molar-refractivity contribution in [2.75, 3.05) is 5.32 Å². The van der Waals surface area contributed by atoms with E-state index >= 15 is 0 Å². The molecule has 98 valence electrons. The number of halogens is 4. The third-order valence-electron chi connectivity index (χ3n) is 2.30. The molecule has 1 amide bonds. The van der Waals surface area contributed by atoms with Crippen molar-refractivity contribution >= 4 is 59.4 Å². The van der Waals surface area contributed by atoms with Crippen molar-refractivity contribution < 1.29 is 9.18 Å². The first-order chi connectivity index (χ1) is 8.95. The zero-order valence-electron chi connectivity index (χ0n) is 9.38. The predicted octanol–water partition coefficient (Wildman–Crippen LogP) is 5.37. The first kappa shape index (κ1) is 14.7. The summed E-state index contributed by atoms with van der Waals surface area (Å²) in [5, 5.41) is 2.70. The van der Waals surface area contributed by atoms with Gasteiger partial charge in [0.1, 0.15) is 5.82 Å². The van der Waals surface area contributed by atoms with Crippen molar-refractivity contribution in [1.82, 2.24) is 0 Å². The van der Waals surface area contributed by atoms with E-state index < -0.39 is 0 Å². The number of carbonyl (C=O) groups excluding carboxylic acids is 1. The van der Waals surface area contributed by atoms with Crippen LogP contribution in [0.4, 0.5) is 10.1 Å². The van der Waals surface area contributed by atoms with Gasteiger partial charge in [0.05, 0.1) is 4.47 Å². The largest absolute Gasteiger partial charge is 0.322 e. The van der Waals surface area contributed by atoms with Gasteiger partial charge in [-0.25, -0.2) is 4.39 Å². The van der Waals surface area contributed by atoms with Gasteiger partial charge in [-0.15, -0.1) is 0 Å². The van der Waals surface area contributed by atoms with Crippen LogP contribution in [0.15, 0.2) is 49.8 Å². The fraction of sp³-hybridized carbons (Fsp3) is 0. The van der Waals surface area contributed by atoms with Crippen LogP contribution in [0.25, 0.3) is 0 Å². The Balaban J connectivity index is 2.22. The summed E-state index contributed by atoms with van der Waals surface area (Å²) >= 11 is 9.72. The Kier molecular flexibility index (Phi) is 4.76. The number of hydrogen-bond donors (Lipinski definition) is 1. The first-order valence-electron chi connectivity index (χ1n) is 5.18. The zero-order chi connectivity index (χ0) is 14.0. The van der Waals surface area contributed by atoms with Crippen LogP contribution in [0.2, 0.25) is 0 Å². The van der Waals surface area contributed by atoms with E-state index in [1.54, 1.807) is 12.1 Å². The van der Waals surface area contributed by atoms with Crippen molar-refractivity contribution in [2.45, 2.75) is 0 Å². The second-order valence-corrected chi connectivity index (χ2v) is 6.43. The maximum atomic E-state index is 13.1. The van der Waals surface area contributed by atoms with Crippen molar-refractivity contribution in [2.24, 2.45) is 0 Å². The average Bonchev–Trinajstić information content (AvgIpc) is 2.32. The lowest BCUT2D eigenvalue weighted by Crippen LogP contribution is -2.12. The van der Waals surface area contributed by atoms with E-state index in [4.69, 9.17) is 0 Å². The molecule has 0 unspecified atom stereocenters. The fourth-order valence-electron chi connectivity index (χ4n) is 1.46. The van der Waals surface area contributed by atoms with Crippen LogP contribution in [0.3, 0.4) is 0 Å². The molecule has 0 atom stereocenters. The predicted molar refractivity (Wildman–Crippen MR) is 83.9 cm³/mol. The quantitative estimate of drug-likeness (QED) is 0.653. The van der Waals surface area contributed by atoms with Gasteiger partial charge in [-0.1, -0.05) is 31.9 Å². The number of rotatable bonds is 2. The van der Waals surface area contributed by atoms with Gasteiger partial charge >= 0.3 is 0 Å². The second kappa shape index (κ2) is 6.15. The molecule has 2 nitrogen and oxygen atoms in total. The van der Waals surface area contributed by atoms with Crippen LogP contribution >= 0.6 is 47.8 Å². The number of amides is 1. The van der Waals surface area contributed by atoms with Gasteiger partial charge < -0.3 is 5.32 Å². The molecular formula is C13H7Br3FNO. The Labute approximate surface area is 134 Å². The number of carbonyl (C=O) groups is 1. The lowest BCUT2D eigenvalue weighted by atomic mass is 10.2. The van der Waals surface area contributed by atoms with Gasteiger partial charge in [-0.05, 0) is 52.3 Å². The van der Waals surface area contributed by atoms with Crippen molar-refractivity contribution in [3.05, 3.63) is 61.2 Å². The number of hydrogen-bond acceptors (Lipinski definition) is 1. The van der Waals surface area contributed by atoms with Crippen LogP contribution in [0.1, 0.15) is 10.4 Å². The van der Waals surface area contributed by atoms with Crippen LogP contribution in [-0.2, 0) is 0 Å². The van der Waals surface area contributed by atoms with Crippen LogP contribution in [0.5, 0.6) is 0 Å². The summed E-state index contributed by atoms with van der Waals surface area (Å²) in [7, 11) is 0. The summed E-state index contributed by atoms with van der Waals surface area (Å²) in [5.74, 6) is -0.635. The molecule has 0 fully saturated rings. The second-order valence-electron chi connectivity index (χ2n) is 3.74. The number of anilines is 1. The summed E-state index contributed by atoms with van der Waals surface area (Å²) in [5.41, 5.74) is 1.02. The van der Waals surface area contributed by atoms with E-state index in [1.165, 1.54) is 18.2 Å². The van der Waals surface area contributed by atoms with Gasteiger partial charge in [0.25, 0.3) is 5.91 Å². The van der Waals surface area contributed by atoms with Gasteiger partial charge in [0.2, 0.25) is 0 Å². The van der Waals surface area contributed by atoms with E-state index in [9.17, 15) is 9.18 Å². The van der Waals surface area contributed by atoms with Crippen LogP contribution in [0, 0.1) is 5.82 Å². The molecule has 2 aromatic carbocycles. The van der Waals surface area contributed by atoms with Gasteiger partial charge in [-0.3, -0.25) is 4.79 Å². The van der Waals surface area contributed by atoms with Crippen molar-refractivity contribution in [3.8, 4) is 0 Å². The topological polar surface area (TPSA) is 29.1 Å². The molecule has 0 spiro atoms. The Bertz CT molecular complexity index is 626. The van der Waals surface area contributed by atoms with Crippen molar-refractivity contribution in [1.29, 1.82) is 0 Å². The van der Waals surface area contributed by atoms with E-state index in [0.717, 1.165) is 8.95 Å². The average molecular weight is 452 g/mol. The van der Waals surface area contributed by atoms with Crippen LogP contribution < -0.4 is 5.32 Å². The smallest absolute Gasteiger partial charge is 0.255 e. The van der Waals surface area contributed by atoms with Crippen molar-refractivity contribution in [3.63, 3.8) is 0 Å². The standard InChI is InChI=1S/C13H7Br3FNO/c14-8-3-7(4-9(15)5-8)13(19)18-10-1-2-12(17)11(16)6-10/h1-6H,(H,18,19). The molecule has 0 aliphatic rings. The Morgan fingerprint density at radius 2 is 1.63 bits per heavy atom. The highest BCUT2D eigenvalue weighted by Crippen LogP contribution is 2.23. The lowest BCUT2D eigenvalue weighted by Gasteiger charge is -2.07. The summed E-state index contributed by atoms with van der Waals surface area (Å²) in [6, 6.07) is 9.56. The summed E-state index contributed by atoms with van der Waals surface area (Å²) in [4.78, 5) is 12.1. The molecule has 6 heteroatoms. The third kappa shape index (κ3) is 3.87. The van der Waals surface area contributed by atoms with Crippen LogP contribution in [-0.4, -0.2) is 5.91 Å². The monoisotopic (exact) mass is 449 g/mol. The van der Waals surface area contributed by atoms with Gasteiger partial charge in [0, 0.05) is 20.2 Å². The SMILES string of the molecule is O=C(Nc1ccc(F)c(Br)c1)c1cc(Br)cc(Br)c1. The van der Waals surface area contributed by atoms with E-state index in [2.05, 4.69) is 53.1 Å². The number of nitrogens with one attached hydrogen (secondary N) is 1. The highest BCUT2D eigenvalue weighted by molar-refractivity contribution is 9.11. The summed E-state index contributed by atoms with van der Waals surface area (Å²) in [6.07, 6.45) is 0. The minimum Gasteiger partial charge on any atom is -0.322 e. The van der Waals surface area contributed by atoms with Gasteiger partial charge in [0.15, 0.2) is 0 Å². The minimum absolute atomic E-state index is 0.263. The zero-order valence-corrected chi connectivity index (χ0v) is 14.1. The minimum atomic E-state index is -0.372. The molecule has 0 saturated heterocycles. The van der Waals surface area contributed by atoms with E-state index in [0.29, 0.717) is 15.7 Å². The molecule has 0 bridgehead atoms. The van der Waals surface area contributed by atoms with E-state index in [1.807, 2.05) is 6.07 Å². The molecule has 19 heavy (non-hydrogen) atoms. The summed E-state index contributed by atoms with van der Waals surface area (Å²) < 4.78 is 15.0. The molecule has 0 aromatic heterocycles. The molecule has 2 rings (SSSR count). The molecule has 0 radical (unpaired) electrons. The third-order valence-corrected chi connectivity index (χ3v) is 3.83. The maximum absolute atomic E-state index is 13.1. The number of benzene rings is 2. The maximum Gasteiger partial charge on any atom is 0.255 e. The normalized spacial score (nSPS) is 10.3. The van der Waals surface area contributed by atoms with Gasteiger partial charge in [-0.2, -0.15) is 0 Å². The highest BCUT2D eigenvalue weighted by atomic mass is 79.9. The Morgan fingerprint density at radius 3 is 2.21 bits per heavy atom.